The maximum atomic E-state index is 14.3. The lowest BCUT2D eigenvalue weighted by Crippen LogP contribution is -2.11. The lowest BCUT2D eigenvalue weighted by molar-refractivity contribution is -0.144. The van der Waals surface area contributed by atoms with E-state index in [2.05, 4.69) is 0 Å². The molecule has 9 aromatic carbocycles. The first-order valence-electron chi connectivity index (χ1n) is 25.3. The van der Waals surface area contributed by atoms with Crippen molar-refractivity contribution in [3.63, 3.8) is 0 Å². The molecule has 12 aromatic rings. The van der Waals surface area contributed by atoms with Crippen LogP contribution in [0, 0.1) is 0 Å². The molecule has 0 saturated carbocycles. The van der Waals surface area contributed by atoms with E-state index in [0.717, 1.165) is 0 Å². The van der Waals surface area contributed by atoms with E-state index in [0.29, 0.717) is 86.4 Å². The molecular formula is C65H36F12N6. The van der Waals surface area contributed by atoms with Crippen molar-refractivity contribution < 1.29 is 52.7 Å². The molecule has 3 heterocycles. The van der Waals surface area contributed by atoms with Gasteiger partial charge in [0.15, 0.2) is 23.3 Å². The van der Waals surface area contributed by atoms with E-state index in [1.807, 2.05) is 127 Å². The van der Waals surface area contributed by atoms with E-state index in [4.69, 9.17) is 24.9 Å². The van der Waals surface area contributed by atoms with E-state index in [1.54, 1.807) is 22.8 Å². The predicted octanol–water partition coefficient (Wildman–Crippen LogP) is 19.2. The van der Waals surface area contributed by atoms with Crippen LogP contribution in [0.5, 0.6) is 0 Å². The number of hydrogen-bond donors (Lipinski definition) is 0. The Labute approximate surface area is 463 Å². The SMILES string of the molecule is FC(F)(F)c1cc(-c2ccc3c(c2)c2cc(-c4cc(C(F)(F)F)cc(C(F)(F)F)c4)ccc2n3-c2ccc(-c3nc(-c4ccccc4)nc(-c4ccccc4)n3)cc2-c2nc(-c3ccccc3)cc(-c3ccccc3)n2)cc(C(F)(F)F)c1. The van der Waals surface area contributed by atoms with Gasteiger partial charge in [-0.2, -0.15) is 52.7 Å². The van der Waals surface area contributed by atoms with Crippen molar-refractivity contribution >= 4 is 21.8 Å². The lowest BCUT2D eigenvalue weighted by Gasteiger charge is -2.17. The zero-order valence-corrected chi connectivity index (χ0v) is 42.5. The highest BCUT2D eigenvalue weighted by Crippen LogP contribution is 2.45. The van der Waals surface area contributed by atoms with Gasteiger partial charge in [0.2, 0.25) is 0 Å². The molecule has 12 rings (SSSR count). The molecule has 0 radical (unpaired) electrons. The monoisotopic (exact) mass is 1130 g/mol. The smallest absolute Gasteiger partial charge is 0.308 e. The molecule has 6 nitrogen and oxygen atoms in total. The maximum Gasteiger partial charge on any atom is 0.416 e. The minimum atomic E-state index is -5.21. The van der Waals surface area contributed by atoms with Crippen LogP contribution in [0.15, 0.2) is 218 Å². The van der Waals surface area contributed by atoms with Crippen LogP contribution in [-0.2, 0) is 24.7 Å². The van der Waals surface area contributed by atoms with Crippen molar-refractivity contribution in [1.29, 1.82) is 0 Å². The van der Waals surface area contributed by atoms with Gasteiger partial charge < -0.3 is 4.57 Å². The van der Waals surface area contributed by atoms with E-state index >= 15 is 0 Å². The molecule has 0 amide bonds. The summed E-state index contributed by atoms with van der Waals surface area (Å²) in [5.74, 6) is 1.06. The number of aromatic nitrogens is 6. The summed E-state index contributed by atoms with van der Waals surface area (Å²) < 4.78 is 174. The largest absolute Gasteiger partial charge is 0.416 e. The average molecular weight is 1130 g/mol. The molecule has 3 aromatic heterocycles. The highest BCUT2D eigenvalue weighted by atomic mass is 19.4. The van der Waals surface area contributed by atoms with Gasteiger partial charge in [0.05, 0.1) is 50.4 Å². The van der Waals surface area contributed by atoms with Crippen LogP contribution in [0.25, 0.3) is 118 Å². The van der Waals surface area contributed by atoms with Crippen LogP contribution in [0.2, 0.25) is 0 Å². The van der Waals surface area contributed by atoms with Crippen LogP contribution < -0.4 is 0 Å². The Morgan fingerprint density at radius 1 is 0.253 bits per heavy atom. The van der Waals surface area contributed by atoms with E-state index in [-0.39, 0.29) is 56.7 Å². The summed E-state index contributed by atoms with van der Waals surface area (Å²) in [6, 6.07) is 54.5. The molecule has 0 aliphatic rings. The summed E-state index contributed by atoms with van der Waals surface area (Å²) in [7, 11) is 0. The summed E-state index contributed by atoms with van der Waals surface area (Å²) in [4.78, 5) is 25.1. The Morgan fingerprint density at radius 3 is 0.952 bits per heavy atom. The highest BCUT2D eigenvalue weighted by molar-refractivity contribution is 6.12. The second kappa shape index (κ2) is 20.5. The lowest BCUT2D eigenvalue weighted by atomic mass is 9.96. The summed E-state index contributed by atoms with van der Waals surface area (Å²) in [6.45, 7) is 0. The van der Waals surface area contributed by atoms with Gasteiger partial charge in [-0.1, -0.05) is 133 Å². The summed E-state index contributed by atoms with van der Waals surface area (Å²) >= 11 is 0. The van der Waals surface area contributed by atoms with Gasteiger partial charge in [-0.25, -0.2) is 24.9 Å². The molecule has 0 aliphatic carbocycles. The van der Waals surface area contributed by atoms with Crippen LogP contribution in [0.3, 0.4) is 0 Å². The van der Waals surface area contributed by atoms with E-state index in [9.17, 15) is 52.7 Å². The maximum absolute atomic E-state index is 14.3. The van der Waals surface area contributed by atoms with E-state index in [1.165, 1.54) is 36.4 Å². The third kappa shape index (κ3) is 10.8. The highest BCUT2D eigenvalue weighted by Gasteiger charge is 2.39. The number of benzene rings is 9. The van der Waals surface area contributed by atoms with Gasteiger partial charge in [-0.15, -0.1) is 0 Å². The van der Waals surface area contributed by atoms with Gasteiger partial charge in [0.1, 0.15) is 0 Å². The molecule has 0 spiro atoms. The Hall–Kier alpha value is -9.97. The molecule has 18 heteroatoms. The van der Waals surface area contributed by atoms with Crippen molar-refractivity contribution in [2.75, 3.05) is 0 Å². The predicted molar refractivity (Wildman–Crippen MR) is 293 cm³/mol. The molecule has 0 bridgehead atoms. The quantitative estimate of drug-likeness (QED) is 0.135. The number of fused-ring (bicyclic) bond motifs is 3. The first-order valence-corrected chi connectivity index (χ1v) is 25.3. The third-order valence-corrected chi connectivity index (χ3v) is 13.9. The Morgan fingerprint density at radius 2 is 0.590 bits per heavy atom. The fourth-order valence-electron chi connectivity index (χ4n) is 9.95. The second-order valence-electron chi connectivity index (χ2n) is 19.4. The first kappa shape index (κ1) is 53.7. The van der Waals surface area contributed by atoms with Crippen molar-refractivity contribution in [3.8, 4) is 96.0 Å². The van der Waals surface area contributed by atoms with Gasteiger partial charge in [-0.3, -0.25) is 0 Å². The van der Waals surface area contributed by atoms with Crippen molar-refractivity contribution in [3.05, 3.63) is 241 Å². The summed E-state index contributed by atoms with van der Waals surface area (Å²) in [5.41, 5.74) is -2.14. The zero-order valence-electron chi connectivity index (χ0n) is 42.5. The molecule has 0 aliphatic heterocycles. The fraction of sp³-hybridized carbons (Fsp3) is 0.0615. The normalized spacial score (nSPS) is 12.3. The molecule has 0 saturated heterocycles. The molecule has 410 valence electrons. The fourth-order valence-corrected chi connectivity index (χ4v) is 9.95. The number of nitrogens with zero attached hydrogens (tertiary/aromatic N) is 6. The van der Waals surface area contributed by atoms with Crippen LogP contribution in [0.1, 0.15) is 22.3 Å². The topological polar surface area (TPSA) is 69.4 Å². The molecule has 0 N–H and O–H groups in total. The number of halogens is 12. The molecule has 0 atom stereocenters. The van der Waals surface area contributed by atoms with Gasteiger partial charge >= 0.3 is 24.7 Å². The standard InChI is InChI=1S/C65H36F12N6/c66-62(67,68)46-27-44(28-47(34-46)63(69,70)71)41-21-24-55-50(31-41)51-32-42(45-29-48(64(72,73)74)35-49(30-45)65(75,76)77)22-25-56(51)83(55)57-26-23-43(60-81-58(39-17-9-3-10-18-39)80-59(82-60)40-19-11-4-12-20-40)33-52(57)61-78-53(37-13-5-1-6-14-37)36-54(79-61)38-15-7-2-8-16-38/h1-36H. The Kier molecular flexibility index (Phi) is 13.3. The van der Waals surface area contributed by atoms with Gasteiger partial charge in [0.25, 0.3) is 0 Å². The second-order valence-corrected chi connectivity index (χ2v) is 19.4. The van der Waals surface area contributed by atoms with Crippen molar-refractivity contribution in [2.45, 2.75) is 24.7 Å². The average Bonchev–Trinajstić information content (AvgIpc) is 2.24. The minimum Gasteiger partial charge on any atom is -0.308 e. The van der Waals surface area contributed by atoms with Crippen LogP contribution in [-0.4, -0.2) is 29.5 Å². The third-order valence-electron chi connectivity index (χ3n) is 13.9. The molecular weight excluding hydrogens is 1090 g/mol. The number of alkyl halides is 12. The Balaban J connectivity index is 1.17. The van der Waals surface area contributed by atoms with Gasteiger partial charge in [-0.05, 0) is 107 Å². The number of hydrogen-bond acceptors (Lipinski definition) is 5. The van der Waals surface area contributed by atoms with Crippen molar-refractivity contribution in [2.24, 2.45) is 0 Å². The molecule has 0 unspecified atom stereocenters. The van der Waals surface area contributed by atoms with Gasteiger partial charge in [0, 0.05) is 44.2 Å². The zero-order chi connectivity index (χ0) is 58.0. The summed E-state index contributed by atoms with van der Waals surface area (Å²) in [5, 5.41) is 0.287. The van der Waals surface area contributed by atoms with Crippen LogP contribution in [0.4, 0.5) is 52.7 Å². The molecule has 83 heavy (non-hydrogen) atoms. The van der Waals surface area contributed by atoms with Crippen LogP contribution >= 0.6 is 0 Å². The number of rotatable bonds is 9. The summed E-state index contributed by atoms with van der Waals surface area (Å²) in [6.07, 6.45) is -20.8. The first-order chi connectivity index (χ1) is 39.6. The molecule has 0 fully saturated rings. The van der Waals surface area contributed by atoms with E-state index < -0.39 is 58.1 Å². The van der Waals surface area contributed by atoms with Crippen molar-refractivity contribution in [1.82, 2.24) is 29.5 Å². The minimum absolute atomic E-state index is 0.00431. The Bertz CT molecular complexity index is 4110.